The number of rotatable bonds is 5. The normalized spacial score (nSPS) is 18.4. The maximum absolute atomic E-state index is 13.6. The van der Waals surface area contributed by atoms with Crippen LogP contribution in [0.25, 0.3) is 5.69 Å². The van der Waals surface area contributed by atoms with Gasteiger partial charge in [-0.2, -0.15) is 0 Å². The van der Waals surface area contributed by atoms with Crippen molar-refractivity contribution in [3.63, 3.8) is 0 Å². The zero-order valence-corrected chi connectivity index (χ0v) is 23.6. The van der Waals surface area contributed by atoms with Crippen molar-refractivity contribution in [2.75, 3.05) is 38.3 Å². The molecule has 1 atom stereocenters. The number of benzene rings is 2. The third-order valence-corrected chi connectivity index (χ3v) is 8.68. The van der Waals surface area contributed by atoms with Crippen LogP contribution in [0, 0.1) is 19.3 Å². The molecular weight excluding hydrogens is 541 g/mol. The van der Waals surface area contributed by atoms with Gasteiger partial charge in [0.25, 0.3) is 11.5 Å². The average Bonchev–Trinajstić information content (AvgIpc) is 3.29. The van der Waals surface area contributed by atoms with Crippen molar-refractivity contribution < 1.29 is 14.3 Å². The van der Waals surface area contributed by atoms with Crippen LogP contribution >= 0.6 is 23.2 Å². The minimum atomic E-state index is -0.213. The lowest BCUT2D eigenvalue weighted by Crippen LogP contribution is -2.49. The summed E-state index contributed by atoms with van der Waals surface area (Å²) in [5, 5.41) is 2.91. The molecule has 11 heteroatoms. The van der Waals surface area contributed by atoms with Crippen LogP contribution in [-0.4, -0.2) is 54.9 Å². The topological polar surface area (TPSA) is 112 Å². The molecule has 2 aliphatic rings. The first kappa shape index (κ1) is 27.5. The van der Waals surface area contributed by atoms with Crippen LogP contribution in [0.3, 0.4) is 0 Å². The maximum atomic E-state index is 13.6. The predicted octanol–water partition coefficient (Wildman–Crippen LogP) is 4.25. The van der Waals surface area contributed by atoms with Gasteiger partial charge in [0.15, 0.2) is 0 Å². The molecule has 2 aliphatic heterocycles. The first-order chi connectivity index (χ1) is 18.6. The summed E-state index contributed by atoms with van der Waals surface area (Å²) in [4.78, 5) is 32.3. The van der Waals surface area contributed by atoms with Gasteiger partial charge in [0.05, 0.1) is 29.5 Å². The van der Waals surface area contributed by atoms with Gasteiger partial charge in [-0.05, 0) is 63.1 Å². The number of anilines is 1. The summed E-state index contributed by atoms with van der Waals surface area (Å²) in [5.74, 6) is 1.79. The second-order valence-electron chi connectivity index (χ2n) is 10.1. The Morgan fingerprint density at radius 3 is 2.44 bits per heavy atom. The molecule has 2 aromatic carbocycles. The highest BCUT2D eigenvalue weighted by Crippen LogP contribution is 2.41. The first-order valence-corrected chi connectivity index (χ1v) is 13.6. The van der Waals surface area contributed by atoms with Crippen molar-refractivity contribution in [3.8, 4) is 17.2 Å². The van der Waals surface area contributed by atoms with Gasteiger partial charge in [-0.3, -0.25) is 14.2 Å². The fraction of sp³-hybridized carbons (Fsp3) is 0.393. The van der Waals surface area contributed by atoms with Gasteiger partial charge in [0, 0.05) is 37.2 Å². The van der Waals surface area contributed by atoms with Crippen molar-refractivity contribution >= 4 is 34.9 Å². The number of halogens is 2. The lowest BCUT2D eigenvalue weighted by Gasteiger charge is -2.41. The highest BCUT2D eigenvalue weighted by Gasteiger charge is 2.44. The zero-order valence-electron chi connectivity index (χ0n) is 22.1. The molecule has 39 heavy (non-hydrogen) atoms. The minimum Gasteiger partial charge on any atom is -0.456 e. The molecule has 3 heterocycles. The van der Waals surface area contributed by atoms with Gasteiger partial charge >= 0.3 is 0 Å². The molecule has 5 rings (SSSR count). The lowest BCUT2D eigenvalue weighted by molar-refractivity contribution is 0.0963. The van der Waals surface area contributed by atoms with Crippen LogP contribution in [0.15, 0.2) is 41.2 Å². The Morgan fingerprint density at radius 2 is 1.82 bits per heavy atom. The number of nitrogens with two attached hydrogens (primary N) is 1. The van der Waals surface area contributed by atoms with Crippen LogP contribution in [0.1, 0.15) is 34.6 Å². The summed E-state index contributed by atoms with van der Waals surface area (Å²) in [6.45, 7) is 6.37. The molecule has 1 spiro atoms. The summed E-state index contributed by atoms with van der Waals surface area (Å²) in [6.07, 6.45) is 1.80. The average molecular weight is 572 g/mol. The molecule has 2 fully saturated rings. The zero-order chi connectivity index (χ0) is 27.9. The molecule has 0 radical (unpaired) electrons. The fourth-order valence-corrected chi connectivity index (χ4v) is 5.80. The number of carbonyl (C=O) groups is 1. The van der Waals surface area contributed by atoms with Crippen molar-refractivity contribution in [2.24, 2.45) is 11.1 Å². The predicted molar refractivity (Wildman–Crippen MR) is 152 cm³/mol. The van der Waals surface area contributed by atoms with E-state index in [-0.39, 0.29) is 33.0 Å². The molecule has 0 aliphatic carbocycles. The summed E-state index contributed by atoms with van der Waals surface area (Å²) < 4.78 is 13.0. The Hall–Kier alpha value is -3.11. The van der Waals surface area contributed by atoms with Gasteiger partial charge in [-0.25, -0.2) is 4.98 Å². The smallest absolute Gasteiger partial charge is 0.263 e. The number of piperidine rings is 1. The largest absolute Gasteiger partial charge is 0.456 e. The standard InChI is InChI=1S/C28H31Cl2N5O4/c1-16-25(34-12-10-28(11-13-34)15-38-14-22(28)31)33-17(2)35(27(16)37)20-8-9-21(24(30)23(20)29)39-19-6-4-18(5-7-19)26(36)32-3/h4-9,22H,10-15,31H2,1-3H3,(H,32,36)/t22-/m1/s1. The quantitative estimate of drug-likeness (QED) is 0.470. The molecule has 0 bridgehead atoms. The summed E-state index contributed by atoms with van der Waals surface area (Å²) >= 11 is 13.3. The second-order valence-corrected chi connectivity index (χ2v) is 10.9. The first-order valence-electron chi connectivity index (χ1n) is 12.8. The molecule has 9 nitrogen and oxygen atoms in total. The van der Waals surface area contributed by atoms with E-state index in [1.807, 2.05) is 0 Å². The number of nitrogens with one attached hydrogen (secondary N) is 1. The molecule has 2 saturated heterocycles. The fourth-order valence-electron chi connectivity index (χ4n) is 5.36. The van der Waals surface area contributed by atoms with E-state index in [4.69, 9.17) is 43.4 Å². The molecule has 3 aromatic rings. The third-order valence-electron chi connectivity index (χ3n) is 7.82. The van der Waals surface area contributed by atoms with E-state index in [9.17, 15) is 9.59 Å². The molecule has 0 saturated carbocycles. The molecule has 0 unspecified atom stereocenters. The number of hydrogen-bond donors (Lipinski definition) is 2. The van der Waals surface area contributed by atoms with Crippen molar-refractivity contribution in [1.82, 2.24) is 14.9 Å². The highest BCUT2D eigenvalue weighted by atomic mass is 35.5. The van der Waals surface area contributed by atoms with Crippen LogP contribution in [0.5, 0.6) is 11.5 Å². The number of carbonyl (C=O) groups excluding carboxylic acids is 1. The van der Waals surface area contributed by atoms with E-state index in [0.29, 0.717) is 53.2 Å². The Labute approximate surface area is 236 Å². The van der Waals surface area contributed by atoms with Gasteiger partial charge in [0.1, 0.15) is 28.2 Å². The number of hydrogen-bond acceptors (Lipinski definition) is 7. The molecule has 3 N–H and O–H groups in total. The van der Waals surface area contributed by atoms with E-state index < -0.39 is 0 Å². The van der Waals surface area contributed by atoms with E-state index >= 15 is 0 Å². The van der Waals surface area contributed by atoms with Crippen molar-refractivity contribution in [3.05, 3.63) is 73.7 Å². The summed E-state index contributed by atoms with van der Waals surface area (Å²) in [7, 11) is 1.57. The number of aromatic nitrogens is 2. The second kappa shape index (κ2) is 10.8. The third kappa shape index (κ3) is 5.00. The maximum Gasteiger partial charge on any atom is 0.263 e. The van der Waals surface area contributed by atoms with E-state index in [1.165, 1.54) is 4.57 Å². The number of aryl methyl sites for hydroxylation is 1. The van der Waals surface area contributed by atoms with Gasteiger partial charge in [-0.1, -0.05) is 23.2 Å². The molecule has 1 amide bonds. The van der Waals surface area contributed by atoms with E-state index in [2.05, 4.69) is 10.2 Å². The molecular formula is C28H31Cl2N5O4. The minimum absolute atomic E-state index is 0.00864. The van der Waals surface area contributed by atoms with Crippen LogP contribution < -0.4 is 26.2 Å². The summed E-state index contributed by atoms with van der Waals surface area (Å²) in [5.41, 5.74) is 7.59. The van der Waals surface area contributed by atoms with Crippen molar-refractivity contribution in [1.29, 1.82) is 0 Å². The lowest BCUT2D eigenvalue weighted by atomic mass is 9.75. The van der Waals surface area contributed by atoms with Gasteiger partial charge in [0.2, 0.25) is 0 Å². The van der Waals surface area contributed by atoms with E-state index in [1.54, 1.807) is 57.3 Å². The van der Waals surface area contributed by atoms with E-state index in [0.717, 1.165) is 25.9 Å². The molecule has 1 aromatic heterocycles. The number of amides is 1. The Balaban J connectivity index is 1.40. The summed E-state index contributed by atoms with van der Waals surface area (Å²) in [6, 6.07) is 10.0. The Kier molecular flexibility index (Phi) is 7.61. The Morgan fingerprint density at radius 1 is 1.13 bits per heavy atom. The Bertz CT molecular complexity index is 1470. The van der Waals surface area contributed by atoms with Crippen LogP contribution in [0.2, 0.25) is 10.0 Å². The highest BCUT2D eigenvalue weighted by molar-refractivity contribution is 6.44. The molecule has 206 valence electrons. The van der Waals surface area contributed by atoms with Gasteiger partial charge < -0.3 is 25.4 Å². The van der Waals surface area contributed by atoms with Crippen LogP contribution in [-0.2, 0) is 4.74 Å². The van der Waals surface area contributed by atoms with Gasteiger partial charge in [-0.15, -0.1) is 0 Å². The number of ether oxygens (including phenoxy) is 2. The van der Waals surface area contributed by atoms with Crippen LogP contribution in [0.4, 0.5) is 5.82 Å². The van der Waals surface area contributed by atoms with Crippen molar-refractivity contribution in [2.45, 2.75) is 32.7 Å². The monoisotopic (exact) mass is 571 g/mol. The number of nitrogens with zero attached hydrogens (tertiary/aromatic N) is 3. The SMILES string of the molecule is CNC(=O)c1ccc(Oc2ccc(-n3c(C)nc(N4CCC5(CC4)COC[C@H]5N)c(C)c3=O)c(Cl)c2Cl)cc1.